The van der Waals surface area contributed by atoms with Crippen LogP contribution in [-0.2, 0) is 16.1 Å². The summed E-state index contributed by atoms with van der Waals surface area (Å²) in [7, 11) is 1.37. The number of hydrogen-bond acceptors (Lipinski definition) is 6. The lowest BCUT2D eigenvalue weighted by atomic mass is 9.94. The van der Waals surface area contributed by atoms with Crippen LogP contribution in [0, 0.1) is 5.92 Å². The largest absolute Gasteiger partial charge is 0.508 e. The van der Waals surface area contributed by atoms with E-state index in [4.69, 9.17) is 32.7 Å². The fraction of sp³-hybridized carbons (Fsp3) is 0.241. The zero-order valence-corrected chi connectivity index (χ0v) is 22.6. The van der Waals surface area contributed by atoms with Crippen LogP contribution in [0.4, 0.5) is 0 Å². The number of likely N-dealkylation sites (tertiary alicyclic amines) is 1. The first-order valence-electron chi connectivity index (χ1n) is 11.9. The van der Waals surface area contributed by atoms with E-state index in [1.54, 1.807) is 12.1 Å². The number of benzene rings is 3. The van der Waals surface area contributed by atoms with Gasteiger partial charge < -0.3 is 24.6 Å². The number of aromatic hydroxyl groups is 1. The number of ether oxygens (including phenoxy) is 2. The highest BCUT2D eigenvalue weighted by Crippen LogP contribution is 2.44. The number of aliphatic hydroxyl groups is 1. The van der Waals surface area contributed by atoms with Crippen molar-refractivity contribution in [3.05, 3.63) is 93.0 Å². The summed E-state index contributed by atoms with van der Waals surface area (Å²) in [6, 6.07) is 15.3. The number of Topliss-reactive ketones (excluding diaryl/α,β-unsaturated/α-hetero) is 1. The highest BCUT2D eigenvalue weighted by atomic mass is 35.5. The monoisotopic (exact) mass is 555 g/mol. The molecule has 2 N–H and O–H groups in total. The van der Waals surface area contributed by atoms with Gasteiger partial charge in [-0.25, -0.2) is 0 Å². The van der Waals surface area contributed by atoms with E-state index in [9.17, 15) is 19.8 Å². The Morgan fingerprint density at radius 2 is 1.68 bits per heavy atom. The number of nitrogens with zero attached hydrogens (tertiary/aromatic N) is 1. The topological polar surface area (TPSA) is 96.3 Å². The molecule has 4 rings (SSSR count). The minimum Gasteiger partial charge on any atom is -0.508 e. The maximum absolute atomic E-state index is 13.4. The lowest BCUT2D eigenvalue weighted by Gasteiger charge is -2.26. The van der Waals surface area contributed by atoms with E-state index < -0.39 is 23.5 Å². The van der Waals surface area contributed by atoms with Crippen LogP contribution < -0.4 is 9.47 Å². The van der Waals surface area contributed by atoms with Gasteiger partial charge in [0.05, 0.1) is 35.9 Å². The number of rotatable bonds is 8. The van der Waals surface area contributed by atoms with Gasteiger partial charge >= 0.3 is 0 Å². The molecule has 7 nitrogen and oxygen atoms in total. The predicted octanol–water partition coefficient (Wildman–Crippen LogP) is 6.36. The number of ketones is 1. The summed E-state index contributed by atoms with van der Waals surface area (Å²) in [6.45, 7) is 4.78. The molecule has 1 aliphatic rings. The summed E-state index contributed by atoms with van der Waals surface area (Å²) in [5, 5.41) is 21.6. The van der Waals surface area contributed by atoms with Gasteiger partial charge in [-0.15, -0.1) is 0 Å². The minimum absolute atomic E-state index is 0.0194. The Morgan fingerprint density at radius 3 is 2.29 bits per heavy atom. The number of aliphatic hydroxyl groups excluding tert-OH is 1. The third-order valence-corrected chi connectivity index (χ3v) is 6.57. The molecule has 1 fully saturated rings. The molecule has 38 heavy (non-hydrogen) atoms. The molecule has 198 valence electrons. The van der Waals surface area contributed by atoms with E-state index in [0.29, 0.717) is 23.8 Å². The Hall–Kier alpha value is -3.68. The van der Waals surface area contributed by atoms with Crippen LogP contribution in [0.5, 0.6) is 17.2 Å². The van der Waals surface area contributed by atoms with Crippen molar-refractivity contribution >= 4 is 40.7 Å². The molecule has 1 heterocycles. The third-order valence-electron chi connectivity index (χ3n) is 6.08. The van der Waals surface area contributed by atoms with Crippen molar-refractivity contribution in [3.63, 3.8) is 0 Å². The summed E-state index contributed by atoms with van der Waals surface area (Å²) < 4.78 is 11.1. The van der Waals surface area contributed by atoms with Crippen molar-refractivity contribution in [1.82, 2.24) is 4.90 Å². The molecule has 0 saturated carbocycles. The number of hydrogen-bond donors (Lipinski definition) is 2. The van der Waals surface area contributed by atoms with Crippen molar-refractivity contribution in [2.45, 2.75) is 26.4 Å². The number of methoxy groups -OCH3 is 1. The van der Waals surface area contributed by atoms with E-state index in [1.807, 2.05) is 24.3 Å². The molecule has 0 aliphatic carbocycles. The van der Waals surface area contributed by atoms with Gasteiger partial charge in [0.15, 0.2) is 0 Å². The highest BCUT2D eigenvalue weighted by Gasteiger charge is 2.46. The summed E-state index contributed by atoms with van der Waals surface area (Å²) in [6.07, 6.45) is 0. The third kappa shape index (κ3) is 5.59. The number of halogens is 2. The van der Waals surface area contributed by atoms with Crippen LogP contribution in [0.1, 0.15) is 36.6 Å². The van der Waals surface area contributed by atoms with Crippen LogP contribution in [0.2, 0.25) is 10.0 Å². The number of carbonyl (C=O) groups excluding carboxylic acids is 2. The molecular weight excluding hydrogens is 529 g/mol. The second kappa shape index (κ2) is 11.4. The molecule has 0 aromatic heterocycles. The number of amides is 1. The molecule has 3 aromatic carbocycles. The first-order chi connectivity index (χ1) is 18.1. The van der Waals surface area contributed by atoms with E-state index >= 15 is 0 Å². The molecule has 9 heteroatoms. The quantitative estimate of drug-likeness (QED) is 0.190. The molecular formula is C29H27Cl2NO6. The van der Waals surface area contributed by atoms with Gasteiger partial charge in [0.2, 0.25) is 0 Å². The molecule has 0 radical (unpaired) electrons. The first-order valence-corrected chi connectivity index (χ1v) is 12.7. The van der Waals surface area contributed by atoms with Gasteiger partial charge in [0, 0.05) is 11.6 Å². The van der Waals surface area contributed by atoms with Crippen molar-refractivity contribution in [2.24, 2.45) is 5.92 Å². The van der Waals surface area contributed by atoms with Crippen molar-refractivity contribution in [1.29, 1.82) is 0 Å². The first kappa shape index (κ1) is 27.4. The molecule has 1 unspecified atom stereocenters. The molecule has 0 spiro atoms. The molecule has 1 amide bonds. The minimum atomic E-state index is -0.949. The summed E-state index contributed by atoms with van der Waals surface area (Å²) in [4.78, 5) is 28.0. The van der Waals surface area contributed by atoms with Crippen molar-refractivity contribution in [3.8, 4) is 17.2 Å². The molecule has 1 aliphatic heterocycles. The maximum atomic E-state index is 13.4. The van der Waals surface area contributed by atoms with E-state index in [1.165, 1.54) is 36.3 Å². The van der Waals surface area contributed by atoms with Crippen LogP contribution >= 0.6 is 23.2 Å². The fourth-order valence-electron chi connectivity index (χ4n) is 4.29. The molecule has 1 saturated heterocycles. The SMILES string of the molecule is COc1c(Cl)cc(Cl)cc1/C(O)=C1\C(=O)C(=O)N(Cc2ccc(OCC(C)C)cc2)C1c1ccc(O)cc1. The fourth-order valence-corrected chi connectivity index (χ4v) is 4.86. The molecule has 0 bridgehead atoms. The Bertz CT molecular complexity index is 1380. The Kier molecular flexibility index (Phi) is 8.19. The highest BCUT2D eigenvalue weighted by molar-refractivity contribution is 6.46. The lowest BCUT2D eigenvalue weighted by molar-refractivity contribution is -0.140. The normalized spacial score (nSPS) is 16.8. The van der Waals surface area contributed by atoms with Crippen molar-refractivity contribution < 1.29 is 29.3 Å². The maximum Gasteiger partial charge on any atom is 0.295 e. The van der Waals surface area contributed by atoms with Crippen LogP contribution in [0.3, 0.4) is 0 Å². The van der Waals surface area contributed by atoms with E-state index in [0.717, 1.165) is 5.56 Å². The van der Waals surface area contributed by atoms with Gasteiger partial charge in [-0.1, -0.05) is 61.3 Å². The Labute approximate surface area is 230 Å². The number of carbonyl (C=O) groups is 2. The molecule has 1 atom stereocenters. The van der Waals surface area contributed by atoms with Gasteiger partial charge in [-0.3, -0.25) is 9.59 Å². The summed E-state index contributed by atoms with van der Waals surface area (Å²) in [5.74, 6) is -0.911. The number of phenolic OH excluding ortho intramolecular Hbond substituents is 1. The average Bonchev–Trinajstić information content (AvgIpc) is 3.12. The Balaban J connectivity index is 1.80. The second-order valence-corrected chi connectivity index (χ2v) is 10.2. The Morgan fingerprint density at radius 1 is 1.03 bits per heavy atom. The lowest BCUT2D eigenvalue weighted by Crippen LogP contribution is -2.29. The van der Waals surface area contributed by atoms with Crippen LogP contribution in [-0.4, -0.2) is 40.5 Å². The molecule has 3 aromatic rings. The zero-order valence-electron chi connectivity index (χ0n) is 21.1. The van der Waals surface area contributed by atoms with Gasteiger partial charge in [-0.2, -0.15) is 0 Å². The van der Waals surface area contributed by atoms with Crippen molar-refractivity contribution in [2.75, 3.05) is 13.7 Å². The van der Waals surface area contributed by atoms with Crippen LogP contribution in [0.15, 0.2) is 66.2 Å². The smallest absolute Gasteiger partial charge is 0.295 e. The van der Waals surface area contributed by atoms with E-state index in [2.05, 4.69) is 13.8 Å². The average molecular weight is 556 g/mol. The summed E-state index contributed by atoms with van der Waals surface area (Å²) >= 11 is 12.4. The van der Waals surface area contributed by atoms with Gasteiger partial charge in [0.1, 0.15) is 23.0 Å². The van der Waals surface area contributed by atoms with Gasteiger partial charge in [0.25, 0.3) is 11.7 Å². The van der Waals surface area contributed by atoms with Crippen LogP contribution in [0.25, 0.3) is 5.76 Å². The number of phenols is 1. The standard InChI is InChI=1S/C29H27Cl2NO6/c1-16(2)15-38-21-10-4-17(5-11-21)14-32-25(18-6-8-20(33)9-7-18)24(27(35)29(32)36)26(34)22-12-19(30)13-23(31)28(22)37-3/h4-13,16,25,33-34H,14-15H2,1-3H3/b26-24+. The second-order valence-electron chi connectivity index (χ2n) is 9.34. The zero-order chi connectivity index (χ0) is 27.6. The summed E-state index contributed by atoms with van der Waals surface area (Å²) in [5.41, 5.74) is 1.22. The van der Waals surface area contributed by atoms with E-state index in [-0.39, 0.29) is 39.2 Å². The predicted molar refractivity (Wildman–Crippen MR) is 146 cm³/mol. The van der Waals surface area contributed by atoms with Gasteiger partial charge in [-0.05, 0) is 53.4 Å².